The molecule has 0 bridgehead atoms. The highest BCUT2D eigenvalue weighted by Gasteiger charge is 2.30. The minimum Gasteiger partial charge on any atom is -0.271 e. The summed E-state index contributed by atoms with van der Waals surface area (Å²) in [6.45, 7) is 2.26. The quantitative estimate of drug-likeness (QED) is 0.474. The Balaban J connectivity index is 1.96. The zero-order valence-corrected chi connectivity index (χ0v) is 13.0. The van der Waals surface area contributed by atoms with Gasteiger partial charge in [0.1, 0.15) is 5.82 Å². The molecule has 1 aliphatic rings. The SMILES string of the molecule is CCC1CCCCC1C(CSc1ccccc1F)NN. The van der Waals surface area contributed by atoms with Gasteiger partial charge in [-0.2, -0.15) is 0 Å². The van der Waals surface area contributed by atoms with Gasteiger partial charge in [-0.05, 0) is 30.4 Å². The maximum atomic E-state index is 13.7. The third-order valence-electron chi connectivity index (χ3n) is 4.48. The molecule has 112 valence electrons. The van der Waals surface area contributed by atoms with E-state index in [1.807, 2.05) is 12.1 Å². The molecule has 0 saturated heterocycles. The van der Waals surface area contributed by atoms with Gasteiger partial charge in [0.2, 0.25) is 0 Å². The van der Waals surface area contributed by atoms with Crippen molar-refractivity contribution in [2.45, 2.75) is 50.0 Å². The van der Waals surface area contributed by atoms with Crippen LogP contribution in [0.2, 0.25) is 0 Å². The van der Waals surface area contributed by atoms with Crippen LogP contribution in [0, 0.1) is 17.7 Å². The van der Waals surface area contributed by atoms with E-state index in [1.54, 1.807) is 17.8 Å². The molecule has 0 aliphatic heterocycles. The van der Waals surface area contributed by atoms with Crippen LogP contribution in [0.1, 0.15) is 39.0 Å². The average molecular weight is 296 g/mol. The predicted molar refractivity (Wildman–Crippen MR) is 84.0 cm³/mol. The molecule has 1 saturated carbocycles. The smallest absolute Gasteiger partial charge is 0.136 e. The Hall–Kier alpha value is -0.580. The first-order chi connectivity index (χ1) is 9.76. The van der Waals surface area contributed by atoms with E-state index in [2.05, 4.69) is 12.3 Å². The number of benzene rings is 1. The lowest BCUT2D eigenvalue weighted by Crippen LogP contribution is -2.46. The van der Waals surface area contributed by atoms with Crippen LogP contribution in [0.3, 0.4) is 0 Å². The molecule has 1 aliphatic carbocycles. The summed E-state index contributed by atoms with van der Waals surface area (Å²) in [5.74, 6) is 7.84. The third kappa shape index (κ3) is 3.96. The summed E-state index contributed by atoms with van der Waals surface area (Å²) in [7, 11) is 0. The van der Waals surface area contributed by atoms with E-state index < -0.39 is 0 Å². The second-order valence-corrected chi connectivity index (χ2v) is 6.69. The second-order valence-electron chi connectivity index (χ2n) is 5.63. The molecule has 0 radical (unpaired) electrons. The Morgan fingerprint density at radius 1 is 1.35 bits per heavy atom. The van der Waals surface area contributed by atoms with Gasteiger partial charge in [0.25, 0.3) is 0 Å². The van der Waals surface area contributed by atoms with Crippen LogP contribution >= 0.6 is 11.8 Å². The van der Waals surface area contributed by atoms with Crippen LogP contribution in [-0.2, 0) is 0 Å². The molecule has 1 aromatic carbocycles. The van der Waals surface area contributed by atoms with Crippen molar-refractivity contribution in [1.82, 2.24) is 5.43 Å². The van der Waals surface area contributed by atoms with Gasteiger partial charge < -0.3 is 0 Å². The van der Waals surface area contributed by atoms with Crippen molar-refractivity contribution in [1.29, 1.82) is 0 Å². The fraction of sp³-hybridized carbons (Fsp3) is 0.625. The van der Waals surface area contributed by atoms with Crippen LogP contribution in [0.4, 0.5) is 4.39 Å². The van der Waals surface area contributed by atoms with Crippen molar-refractivity contribution < 1.29 is 4.39 Å². The molecule has 3 unspecified atom stereocenters. The number of halogens is 1. The number of hydrogen-bond acceptors (Lipinski definition) is 3. The van der Waals surface area contributed by atoms with E-state index in [0.29, 0.717) is 5.92 Å². The fourth-order valence-corrected chi connectivity index (χ4v) is 4.39. The highest BCUT2D eigenvalue weighted by Crippen LogP contribution is 2.36. The standard InChI is InChI=1S/C16H25FN2S/c1-2-12-7-3-4-8-13(12)15(19-18)11-20-16-10-6-5-9-14(16)17/h5-6,9-10,12-13,15,19H,2-4,7-8,11,18H2,1H3. The molecule has 1 aromatic rings. The van der Waals surface area contributed by atoms with Gasteiger partial charge in [-0.1, -0.05) is 44.7 Å². The normalized spacial score (nSPS) is 24.6. The number of rotatable bonds is 6. The number of hydrogen-bond donors (Lipinski definition) is 2. The van der Waals surface area contributed by atoms with Crippen molar-refractivity contribution in [3.8, 4) is 0 Å². The van der Waals surface area contributed by atoms with Crippen molar-refractivity contribution in [3.63, 3.8) is 0 Å². The van der Waals surface area contributed by atoms with Gasteiger partial charge in [-0.25, -0.2) is 4.39 Å². The first kappa shape index (κ1) is 15.8. The summed E-state index contributed by atoms with van der Waals surface area (Å²) >= 11 is 1.57. The maximum absolute atomic E-state index is 13.7. The Morgan fingerprint density at radius 2 is 2.10 bits per heavy atom. The van der Waals surface area contributed by atoms with E-state index in [-0.39, 0.29) is 11.9 Å². The van der Waals surface area contributed by atoms with Crippen molar-refractivity contribution in [2.24, 2.45) is 17.7 Å². The first-order valence-electron chi connectivity index (χ1n) is 7.59. The number of nitrogens with two attached hydrogens (primary N) is 1. The summed E-state index contributed by atoms with van der Waals surface area (Å²) in [4.78, 5) is 0.719. The van der Waals surface area contributed by atoms with Gasteiger partial charge in [0.05, 0.1) is 0 Å². The topological polar surface area (TPSA) is 38.0 Å². The summed E-state index contributed by atoms with van der Waals surface area (Å²) in [6.07, 6.45) is 6.40. The third-order valence-corrected chi connectivity index (χ3v) is 5.65. The maximum Gasteiger partial charge on any atom is 0.136 e. The van der Waals surface area contributed by atoms with Gasteiger partial charge in [0, 0.05) is 16.7 Å². The molecule has 20 heavy (non-hydrogen) atoms. The Kier molecular flexibility index (Phi) is 6.33. The molecular weight excluding hydrogens is 271 g/mol. The first-order valence-corrected chi connectivity index (χ1v) is 8.58. The summed E-state index contributed by atoms with van der Waals surface area (Å²) < 4.78 is 13.7. The van der Waals surface area contributed by atoms with E-state index in [4.69, 9.17) is 5.84 Å². The minimum absolute atomic E-state index is 0.135. The van der Waals surface area contributed by atoms with Crippen molar-refractivity contribution in [2.75, 3.05) is 5.75 Å². The lowest BCUT2D eigenvalue weighted by atomic mass is 9.74. The Labute approximate surface area is 125 Å². The van der Waals surface area contributed by atoms with Crippen molar-refractivity contribution >= 4 is 11.8 Å². The summed E-state index contributed by atoms with van der Waals surface area (Å²) in [5, 5.41) is 0. The van der Waals surface area contributed by atoms with Crippen molar-refractivity contribution in [3.05, 3.63) is 30.1 Å². The van der Waals surface area contributed by atoms with Gasteiger partial charge in [-0.3, -0.25) is 11.3 Å². The van der Waals surface area contributed by atoms with Crippen LogP contribution in [-0.4, -0.2) is 11.8 Å². The van der Waals surface area contributed by atoms with Crippen LogP contribution in [0.25, 0.3) is 0 Å². The molecule has 0 heterocycles. The number of hydrazine groups is 1. The van der Waals surface area contributed by atoms with E-state index in [0.717, 1.165) is 16.6 Å². The lowest BCUT2D eigenvalue weighted by Gasteiger charge is -2.36. The minimum atomic E-state index is -0.135. The second kappa shape index (κ2) is 8.01. The summed E-state index contributed by atoms with van der Waals surface area (Å²) in [5.41, 5.74) is 2.98. The predicted octanol–water partition coefficient (Wildman–Crippen LogP) is 3.97. The molecule has 3 atom stereocenters. The largest absolute Gasteiger partial charge is 0.271 e. The highest BCUT2D eigenvalue weighted by atomic mass is 32.2. The van der Waals surface area contributed by atoms with Gasteiger partial charge in [-0.15, -0.1) is 11.8 Å². The zero-order valence-electron chi connectivity index (χ0n) is 12.1. The van der Waals surface area contributed by atoms with Crippen LogP contribution < -0.4 is 11.3 Å². The zero-order chi connectivity index (χ0) is 14.4. The number of nitrogens with one attached hydrogen (secondary N) is 1. The van der Waals surface area contributed by atoms with Crippen LogP contribution in [0.5, 0.6) is 0 Å². The molecule has 2 rings (SSSR count). The molecule has 0 spiro atoms. The van der Waals surface area contributed by atoms with E-state index in [1.165, 1.54) is 38.2 Å². The van der Waals surface area contributed by atoms with Gasteiger partial charge in [0.15, 0.2) is 0 Å². The van der Waals surface area contributed by atoms with E-state index >= 15 is 0 Å². The highest BCUT2D eigenvalue weighted by molar-refractivity contribution is 7.99. The molecule has 0 aromatic heterocycles. The summed E-state index contributed by atoms with van der Waals surface area (Å²) in [6, 6.07) is 7.23. The van der Waals surface area contributed by atoms with Crippen LogP contribution in [0.15, 0.2) is 29.2 Å². The van der Waals surface area contributed by atoms with Gasteiger partial charge >= 0.3 is 0 Å². The molecule has 4 heteroatoms. The molecule has 0 amide bonds. The van der Waals surface area contributed by atoms with E-state index in [9.17, 15) is 4.39 Å². The monoisotopic (exact) mass is 296 g/mol. The molecular formula is C16H25FN2S. The average Bonchev–Trinajstić information content (AvgIpc) is 2.50. The number of thioether (sulfide) groups is 1. The molecule has 3 N–H and O–H groups in total. The molecule has 2 nitrogen and oxygen atoms in total. The Morgan fingerprint density at radius 3 is 2.80 bits per heavy atom. The fourth-order valence-electron chi connectivity index (χ4n) is 3.31. The lowest BCUT2D eigenvalue weighted by molar-refractivity contribution is 0.186. The molecule has 1 fully saturated rings. The Bertz CT molecular complexity index is 413.